The van der Waals surface area contributed by atoms with E-state index >= 15 is 0 Å². The lowest BCUT2D eigenvalue weighted by atomic mass is 10.1. The Morgan fingerprint density at radius 1 is 1.17 bits per heavy atom. The van der Waals surface area contributed by atoms with Crippen molar-refractivity contribution in [3.63, 3.8) is 0 Å². The monoisotopic (exact) mass is 415 g/mol. The maximum Gasteiger partial charge on any atom is 0.351 e. The minimum atomic E-state index is -2.62. The van der Waals surface area contributed by atoms with Gasteiger partial charge in [0.1, 0.15) is 30.8 Å². The Balaban J connectivity index is 1.29. The number of aromatic nitrogens is 4. The first-order valence-electron chi connectivity index (χ1n) is 11.8. The standard InChI is InChI=1S/C21H25N5O4/c1-13-14(2)26-20(23-24(3)21(26)27)22-19(13)25-8-6-15(7-9-25)30-16-4-5-17-18(12-16)29-11-10-28-17/h4-5,12,15H,6-11H2,1-3H3/i10D2,11D2. The van der Waals surface area contributed by atoms with Crippen LogP contribution in [0.5, 0.6) is 17.2 Å². The van der Waals surface area contributed by atoms with E-state index in [1.54, 1.807) is 13.1 Å². The van der Waals surface area contributed by atoms with Gasteiger partial charge in [0.05, 0.1) is 5.48 Å². The number of nitrogens with zero attached hydrogens (tertiary/aromatic N) is 5. The van der Waals surface area contributed by atoms with Crippen molar-refractivity contribution in [2.24, 2.45) is 7.05 Å². The van der Waals surface area contributed by atoms with Crippen LogP contribution >= 0.6 is 0 Å². The maximum absolute atomic E-state index is 12.3. The average Bonchev–Trinajstić information content (AvgIpc) is 3.05. The zero-order valence-corrected chi connectivity index (χ0v) is 17.0. The summed E-state index contributed by atoms with van der Waals surface area (Å²) in [7, 11) is 1.61. The third-order valence-electron chi connectivity index (χ3n) is 5.65. The number of aryl methyl sites for hydroxylation is 2. The second kappa shape index (κ2) is 7.23. The number of fused-ring (bicyclic) bond motifs is 2. The summed E-state index contributed by atoms with van der Waals surface area (Å²) >= 11 is 0. The van der Waals surface area contributed by atoms with Gasteiger partial charge < -0.3 is 19.1 Å². The summed E-state index contributed by atoms with van der Waals surface area (Å²) in [5, 5.41) is 4.23. The summed E-state index contributed by atoms with van der Waals surface area (Å²) < 4.78 is 50.1. The number of rotatable bonds is 3. The molecule has 0 saturated carbocycles. The van der Waals surface area contributed by atoms with Crippen LogP contribution in [0.1, 0.15) is 29.6 Å². The van der Waals surface area contributed by atoms with Crippen molar-refractivity contribution in [3.8, 4) is 17.2 Å². The molecule has 0 radical (unpaired) electrons. The lowest BCUT2D eigenvalue weighted by Crippen LogP contribution is -2.39. The van der Waals surface area contributed by atoms with Crippen molar-refractivity contribution in [1.29, 1.82) is 0 Å². The van der Waals surface area contributed by atoms with Crippen molar-refractivity contribution in [1.82, 2.24) is 19.2 Å². The van der Waals surface area contributed by atoms with Crippen LogP contribution in [0.3, 0.4) is 0 Å². The number of piperidine rings is 1. The van der Waals surface area contributed by atoms with Gasteiger partial charge in [-0.25, -0.2) is 13.9 Å². The van der Waals surface area contributed by atoms with Gasteiger partial charge in [-0.2, -0.15) is 4.98 Å². The molecule has 0 amide bonds. The first-order valence-corrected chi connectivity index (χ1v) is 9.83. The van der Waals surface area contributed by atoms with E-state index in [9.17, 15) is 4.79 Å². The third kappa shape index (κ3) is 3.14. The van der Waals surface area contributed by atoms with Crippen LogP contribution in [0.15, 0.2) is 23.0 Å². The SMILES string of the molecule is [2H]C1([2H])Oc2ccc(OC3CCN(c4nc5nn(C)c(=O)n5c(C)c4C)CC3)cc2OC1([2H])[2H]. The second-order valence-electron chi connectivity index (χ2n) is 7.51. The molecule has 0 spiro atoms. The third-order valence-corrected chi connectivity index (χ3v) is 5.65. The van der Waals surface area contributed by atoms with Crippen molar-refractivity contribution in [2.45, 2.75) is 32.8 Å². The topological polar surface area (TPSA) is 83.1 Å². The number of anilines is 1. The molecule has 9 heteroatoms. The van der Waals surface area contributed by atoms with Crippen molar-refractivity contribution >= 4 is 11.6 Å². The highest BCUT2D eigenvalue weighted by Crippen LogP contribution is 2.34. The summed E-state index contributed by atoms with van der Waals surface area (Å²) in [6.07, 6.45) is 1.40. The van der Waals surface area contributed by atoms with Gasteiger partial charge in [0, 0.05) is 50.3 Å². The molecule has 4 heterocycles. The molecule has 5 rings (SSSR count). The quantitative estimate of drug-likeness (QED) is 0.646. The van der Waals surface area contributed by atoms with Crippen LogP contribution in [-0.4, -0.2) is 51.5 Å². The van der Waals surface area contributed by atoms with E-state index in [1.807, 2.05) is 13.8 Å². The highest BCUT2D eigenvalue weighted by molar-refractivity contribution is 5.53. The molecular formula is C21H25N5O4. The maximum atomic E-state index is 12.3. The van der Waals surface area contributed by atoms with E-state index in [-0.39, 0.29) is 23.3 Å². The highest BCUT2D eigenvalue weighted by atomic mass is 16.6. The van der Waals surface area contributed by atoms with Gasteiger partial charge in [0.25, 0.3) is 5.78 Å². The number of hydrogen-bond donors (Lipinski definition) is 0. The zero-order chi connectivity index (χ0) is 24.4. The molecule has 2 aliphatic heterocycles. The molecule has 0 atom stereocenters. The first kappa shape index (κ1) is 14.7. The molecule has 0 unspecified atom stereocenters. The van der Waals surface area contributed by atoms with Crippen LogP contribution in [0, 0.1) is 13.8 Å². The van der Waals surface area contributed by atoms with E-state index in [1.165, 1.54) is 21.2 Å². The summed E-state index contributed by atoms with van der Waals surface area (Å²) in [6, 6.07) is 4.71. The van der Waals surface area contributed by atoms with Crippen LogP contribution in [0.4, 0.5) is 5.82 Å². The van der Waals surface area contributed by atoms with E-state index < -0.39 is 13.1 Å². The molecule has 0 aliphatic carbocycles. The Kier molecular flexibility index (Phi) is 3.54. The molecule has 158 valence electrons. The Morgan fingerprint density at radius 2 is 1.90 bits per heavy atom. The van der Waals surface area contributed by atoms with Gasteiger partial charge in [-0.15, -0.1) is 5.10 Å². The van der Waals surface area contributed by atoms with E-state index in [0.29, 0.717) is 24.6 Å². The minimum absolute atomic E-state index is 0.0652. The zero-order valence-electron chi connectivity index (χ0n) is 21.0. The molecular weight excluding hydrogens is 386 g/mol. The van der Waals surface area contributed by atoms with E-state index in [2.05, 4.69) is 15.0 Å². The second-order valence-corrected chi connectivity index (χ2v) is 7.51. The summed E-state index contributed by atoms with van der Waals surface area (Å²) in [5.74, 6) is 1.92. The van der Waals surface area contributed by atoms with Crippen LogP contribution in [-0.2, 0) is 7.05 Å². The van der Waals surface area contributed by atoms with Gasteiger partial charge in [-0.3, -0.25) is 0 Å². The molecule has 0 N–H and O–H groups in total. The first-order chi connectivity index (χ1) is 16.0. The molecule has 9 nitrogen and oxygen atoms in total. The summed E-state index contributed by atoms with van der Waals surface area (Å²) in [4.78, 5) is 19.1. The Morgan fingerprint density at radius 3 is 2.67 bits per heavy atom. The van der Waals surface area contributed by atoms with Crippen LogP contribution < -0.4 is 24.8 Å². The van der Waals surface area contributed by atoms with Gasteiger partial charge in [0.2, 0.25) is 0 Å². The molecule has 3 aromatic rings. The minimum Gasteiger partial charge on any atom is -0.490 e. The lowest BCUT2D eigenvalue weighted by molar-refractivity contribution is 0.159. The Bertz CT molecular complexity index is 1330. The fourth-order valence-electron chi connectivity index (χ4n) is 3.89. The smallest absolute Gasteiger partial charge is 0.351 e. The Labute approximate surface area is 179 Å². The largest absolute Gasteiger partial charge is 0.490 e. The number of ether oxygens (including phenoxy) is 3. The molecule has 1 fully saturated rings. The van der Waals surface area contributed by atoms with Crippen LogP contribution in [0.2, 0.25) is 0 Å². The van der Waals surface area contributed by atoms with Gasteiger partial charge >= 0.3 is 5.69 Å². The lowest BCUT2D eigenvalue weighted by Gasteiger charge is -2.34. The summed E-state index contributed by atoms with van der Waals surface area (Å²) in [5.41, 5.74) is 1.53. The highest BCUT2D eigenvalue weighted by Gasteiger charge is 2.25. The molecule has 2 aromatic heterocycles. The molecule has 2 aliphatic rings. The van der Waals surface area contributed by atoms with Crippen molar-refractivity contribution in [3.05, 3.63) is 39.9 Å². The van der Waals surface area contributed by atoms with Crippen LogP contribution in [0.25, 0.3) is 5.78 Å². The summed E-state index contributed by atoms with van der Waals surface area (Å²) in [6.45, 7) is 0.0488. The normalized spacial score (nSPS) is 22.2. The Hall–Kier alpha value is -3.23. The van der Waals surface area contributed by atoms with Gasteiger partial charge in [-0.1, -0.05) is 0 Å². The van der Waals surface area contributed by atoms with Gasteiger partial charge in [-0.05, 0) is 26.0 Å². The molecule has 1 aromatic carbocycles. The molecule has 30 heavy (non-hydrogen) atoms. The number of benzene rings is 1. The number of hydrogen-bond acceptors (Lipinski definition) is 7. The van der Waals surface area contributed by atoms with Gasteiger partial charge in [0.15, 0.2) is 11.5 Å². The van der Waals surface area contributed by atoms with E-state index in [4.69, 9.17) is 19.7 Å². The average molecular weight is 415 g/mol. The fourth-order valence-corrected chi connectivity index (χ4v) is 3.89. The van der Waals surface area contributed by atoms with Crippen molar-refractivity contribution in [2.75, 3.05) is 31.1 Å². The molecule has 1 saturated heterocycles. The predicted molar refractivity (Wildman–Crippen MR) is 111 cm³/mol. The predicted octanol–water partition coefficient (Wildman–Crippen LogP) is 1.86. The molecule has 0 bridgehead atoms. The fraction of sp³-hybridized carbons (Fsp3) is 0.476. The van der Waals surface area contributed by atoms with Crippen molar-refractivity contribution < 1.29 is 19.7 Å². The van der Waals surface area contributed by atoms with E-state index in [0.717, 1.165) is 29.9 Å².